The lowest BCUT2D eigenvalue weighted by Gasteiger charge is -2.08. The van der Waals surface area contributed by atoms with Crippen molar-refractivity contribution in [1.29, 1.82) is 5.26 Å². The maximum atomic E-state index is 14.6. The van der Waals surface area contributed by atoms with E-state index < -0.39 is 17.4 Å². The van der Waals surface area contributed by atoms with Crippen LogP contribution in [0.3, 0.4) is 0 Å². The highest BCUT2D eigenvalue weighted by molar-refractivity contribution is 6.32. The average molecular weight is 368 g/mol. The first kappa shape index (κ1) is 16.3. The minimum Gasteiger partial charge on any atom is -0.288 e. The molecule has 28 heavy (non-hydrogen) atoms. The van der Waals surface area contributed by atoms with Gasteiger partial charge in [-0.25, -0.2) is 8.78 Å². The highest BCUT2D eigenvalue weighted by Gasteiger charge is 2.40. The number of hydrogen-bond donors (Lipinski definition) is 0. The number of nitrogens with zero attached hydrogens (tertiary/aromatic N) is 2. The highest BCUT2D eigenvalue weighted by atomic mass is 19.1. The number of allylic oxidation sites excluding steroid dienone is 3. The van der Waals surface area contributed by atoms with Gasteiger partial charge in [0, 0.05) is 45.7 Å². The van der Waals surface area contributed by atoms with Crippen LogP contribution in [0, 0.1) is 23.0 Å². The van der Waals surface area contributed by atoms with Gasteiger partial charge in [-0.3, -0.25) is 9.78 Å². The molecular weight excluding hydrogens is 358 g/mol. The van der Waals surface area contributed by atoms with Crippen molar-refractivity contribution >= 4 is 16.9 Å². The minimum absolute atomic E-state index is 0.0982. The molecule has 3 nitrogen and oxygen atoms in total. The van der Waals surface area contributed by atoms with E-state index in [0.717, 1.165) is 29.3 Å². The molecule has 5 rings (SSSR count). The number of Topliss-reactive ketones (excluding diaryl/α,β-unsaturated/α-hetero) is 1. The van der Waals surface area contributed by atoms with E-state index in [1.807, 2.05) is 36.4 Å². The molecule has 0 saturated heterocycles. The van der Waals surface area contributed by atoms with Crippen molar-refractivity contribution < 1.29 is 13.6 Å². The fraction of sp³-hybridized carbons (Fsp3) is 0. The monoisotopic (exact) mass is 368 g/mol. The third kappa shape index (κ3) is 2.00. The van der Waals surface area contributed by atoms with Crippen molar-refractivity contribution in [2.75, 3.05) is 0 Å². The van der Waals surface area contributed by atoms with Crippen LogP contribution in [-0.2, 0) is 0 Å². The number of carbonyl (C=O) groups excluding carboxylic acids is 1. The molecule has 0 unspecified atom stereocenters. The van der Waals surface area contributed by atoms with Crippen molar-refractivity contribution in [3.63, 3.8) is 0 Å². The standard InChI is InChI=1S/C23H10F2N2O/c24-16-7-8-17(25)21-19(16)14(9-10-26)20(23(21)28)18-12-4-1-2-5-13(12)22-15(18)6-3-11-27-22/h1-9,11H/b14-9?,20-18-. The third-order valence-electron chi connectivity index (χ3n) is 5.08. The van der Waals surface area contributed by atoms with Crippen LogP contribution in [-0.4, -0.2) is 10.8 Å². The summed E-state index contributed by atoms with van der Waals surface area (Å²) in [4.78, 5) is 17.7. The first-order chi connectivity index (χ1) is 13.6. The fourth-order valence-corrected chi connectivity index (χ4v) is 4.01. The number of rotatable bonds is 0. The number of pyridine rings is 1. The second-order valence-electron chi connectivity index (χ2n) is 6.49. The molecule has 1 heterocycles. The van der Waals surface area contributed by atoms with Crippen molar-refractivity contribution in [2.45, 2.75) is 0 Å². The molecule has 0 spiro atoms. The van der Waals surface area contributed by atoms with Gasteiger partial charge < -0.3 is 0 Å². The zero-order valence-electron chi connectivity index (χ0n) is 14.3. The molecule has 0 aliphatic heterocycles. The average Bonchev–Trinajstić information content (AvgIpc) is 3.18. The van der Waals surface area contributed by atoms with Crippen LogP contribution in [0.1, 0.15) is 27.0 Å². The predicted molar refractivity (Wildman–Crippen MR) is 100.0 cm³/mol. The summed E-state index contributed by atoms with van der Waals surface area (Å²) in [5, 5.41) is 9.26. The summed E-state index contributed by atoms with van der Waals surface area (Å²) in [5.41, 5.74) is 3.24. The predicted octanol–water partition coefficient (Wildman–Crippen LogP) is 4.95. The van der Waals surface area contributed by atoms with Gasteiger partial charge in [0.2, 0.25) is 0 Å². The lowest BCUT2D eigenvalue weighted by Crippen LogP contribution is -2.02. The van der Waals surface area contributed by atoms with E-state index in [1.54, 1.807) is 12.3 Å². The topological polar surface area (TPSA) is 53.8 Å². The number of hydrogen-bond acceptors (Lipinski definition) is 3. The number of aromatic nitrogens is 1. The number of benzene rings is 2. The highest BCUT2D eigenvalue weighted by Crippen LogP contribution is 2.50. The second kappa shape index (κ2) is 5.80. The van der Waals surface area contributed by atoms with E-state index in [9.17, 15) is 18.8 Å². The summed E-state index contributed by atoms with van der Waals surface area (Å²) in [7, 11) is 0. The smallest absolute Gasteiger partial charge is 0.198 e. The van der Waals surface area contributed by atoms with E-state index in [4.69, 9.17) is 0 Å². The number of fused-ring (bicyclic) bond motifs is 4. The molecule has 0 radical (unpaired) electrons. The molecule has 132 valence electrons. The van der Waals surface area contributed by atoms with Gasteiger partial charge in [-0.2, -0.15) is 5.26 Å². The molecule has 0 atom stereocenters. The lowest BCUT2D eigenvalue weighted by atomic mass is 9.93. The largest absolute Gasteiger partial charge is 0.288 e. The summed E-state index contributed by atoms with van der Waals surface area (Å²) in [6.45, 7) is 0. The summed E-state index contributed by atoms with van der Waals surface area (Å²) in [6, 6.07) is 14.7. The minimum atomic E-state index is -0.807. The van der Waals surface area contributed by atoms with Crippen LogP contribution in [0.2, 0.25) is 0 Å². The Morgan fingerprint density at radius 3 is 2.29 bits per heavy atom. The molecule has 0 bridgehead atoms. The van der Waals surface area contributed by atoms with E-state index in [1.165, 1.54) is 0 Å². The van der Waals surface area contributed by atoms with E-state index in [0.29, 0.717) is 16.8 Å². The molecule has 5 heteroatoms. The summed E-state index contributed by atoms with van der Waals surface area (Å²) in [5.74, 6) is -2.17. The normalized spacial score (nSPS) is 18.0. The summed E-state index contributed by atoms with van der Waals surface area (Å²) >= 11 is 0. The molecule has 2 aromatic carbocycles. The van der Waals surface area contributed by atoms with Crippen LogP contribution in [0.4, 0.5) is 8.78 Å². The maximum absolute atomic E-state index is 14.6. The third-order valence-corrected chi connectivity index (χ3v) is 5.08. The molecule has 2 aliphatic carbocycles. The molecule has 0 amide bonds. The number of carbonyl (C=O) groups is 1. The van der Waals surface area contributed by atoms with Crippen LogP contribution in [0.5, 0.6) is 0 Å². The van der Waals surface area contributed by atoms with Gasteiger partial charge in [0.15, 0.2) is 5.78 Å². The quantitative estimate of drug-likeness (QED) is 0.326. The second-order valence-corrected chi connectivity index (χ2v) is 6.49. The molecule has 3 aromatic rings. The van der Waals surface area contributed by atoms with Crippen LogP contribution in [0.15, 0.2) is 66.4 Å². The van der Waals surface area contributed by atoms with Gasteiger partial charge >= 0.3 is 0 Å². The first-order valence-corrected chi connectivity index (χ1v) is 8.56. The Hall–Kier alpha value is -3.91. The van der Waals surface area contributed by atoms with E-state index >= 15 is 0 Å². The number of halogens is 2. The lowest BCUT2D eigenvalue weighted by molar-refractivity contribution is 0.104. The van der Waals surface area contributed by atoms with Crippen molar-refractivity contribution in [2.24, 2.45) is 0 Å². The molecular formula is C23H10F2N2O. The Kier molecular flexibility index (Phi) is 3.37. The van der Waals surface area contributed by atoms with Crippen molar-refractivity contribution in [3.8, 4) is 17.3 Å². The van der Waals surface area contributed by atoms with E-state index in [2.05, 4.69) is 4.98 Å². The molecule has 0 fully saturated rings. The van der Waals surface area contributed by atoms with Gasteiger partial charge in [-0.15, -0.1) is 0 Å². The van der Waals surface area contributed by atoms with Gasteiger partial charge in [0.1, 0.15) is 11.6 Å². The van der Waals surface area contributed by atoms with Crippen LogP contribution >= 0.6 is 0 Å². The zero-order valence-corrected chi connectivity index (χ0v) is 14.3. The van der Waals surface area contributed by atoms with Crippen LogP contribution < -0.4 is 0 Å². The Morgan fingerprint density at radius 1 is 0.857 bits per heavy atom. The molecule has 0 N–H and O–H groups in total. The van der Waals surface area contributed by atoms with Crippen molar-refractivity contribution in [1.82, 2.24) is 4.98 Å². The summed E-state index contributed by atoms with van der Waals surface area (Å²) < 4.78 is 29.0. The molecule has 2 aliphatic rings. The molecule has 1 aromatic heterocycles. The van der Waals surface area contributed by atoms with Gasteiger partial charge in [0.05, 0.1) is 17.3 Å². The first-order valence-electron chi connectivity index (χ1n) is 8.56. The maximum Gasteiger partial charge on any atom is 0.198 e. The number of ketones is 1. The Balaban J connectivity index is 1.95. The summed E-state index contributed by atoms with van der Waals surface area (Å²) in [6.07, 6.45) is 2.76. The Labute approximate surface area is 158 Å². The van der Waals surface area contributed by atoms with Gasteiger partial charge in [0.25, 0.3) is 0 Å². The zero-order chi connectivity index (χ0) is 19.4. The van der Waals surface area contributed by atoms with E-state index in [-0.39, 0.29) is 22.3 Å². The van der Waals surface area contributed by atoms with Crippen molar-refractivity contribution in [3.05, 3.63) is 100 Å². The van der Waals surface area contributed by atoms with Gasteiger partial charge in [-0.05, 0) is 23.8 Å². The van der Waals surface area contributed by atoms with Gasteiger partial charge in [-0.1, -0.05) is 30.3 Å². The SMILES string of the molecule is N#CC=C1/C(=C2\c3ccccc3-c3ncccc32)C(=O)c2c(F)ccc(F)c21. The Morgan fingerprint density at radius 2 is 1.54 bits per heavy atom. The number of nitriles is 1. The van der Waals surface area contributed by atoms with Crippen LogP contribution in [0.25, 0.3) is 22.4 Å². The fourth-order valence-electron chi connectivity index (χ4n) is 4.01. The molecule has 0 saturated carbocycles. The Bertz CT molecular complexity index is 1260.